The van der Waals surface area contributed by atoms with Crippen LogP contribution in [0.25, 0.3) is 0 Å². The molecule has 0 aliphatic carbocycles. The van der Waals surface area contributed by atoms with Gasteiger partial charge in [0.25, 0.3) is 0 Å². The average molecular weight is 418 g/mol. The Morgan fingerprint density at radius 3 is 2.10 bits per heavy atom. The number of hydrogen-bond donors (Lipinski definition) is 1. The number of nitrogens with zero attached hydrogens (tertiary/aromatic N) is 1. The molecule has 3 rings (SSSR count). The SMILES string of the molecule is CCN(CC)CC[C@@](O)(c1ccc2c(c1)OCO2)c1cc(OC)c(OC)c(OC)c1. The van der Waals surface area contributed by atoms with Crippen LogP contribution in [0.3, 0.4) is 0 Å². The van der Waals surface area contributed by atoms with Crippen molar-refractivity contribution in [2.45, 2.75) is 25.9 Å². The first-order valence-corrected chi connectivity index (χ1v) is 10.2. The Kier molecular flexibility index (Phi) is 6.95. The second-order valence-electron chi connectivity index (χ2n) is 7.12. The quantitative estimate of drug-likeness (QED) is 0.635. The summed E-state index contributed by atoms with van der Waals surface area (Å²) < 4.78 is 27.5. The molecule has 1 heterocycles. The van der Waals surface area contributed by atoms with Gasteiger partial charge in [0.1, 0.15) is 5.60 Å². The molecule has 30 heavy (non-hydrogen) atoms. The Balaban J connectivity index is 2.11. The van der Waals surface area contributed by atoms with Gasteiger partial charge in [-0.15, -0.1) is 0 Å². The molecule has 0 saturated heterocycles. The molecule has 1 N–H and O–H groups in total. The lowest BCUT2D eigenvalue weighted by atomic mass is 9.82. The number of methoxy groups -OCH3 is 3. The van der Waals surface area contributed by atoms with Crippen molar-refractivity contribution in [2.75, 3.05) is 47.8 Å². The van der Waals surface area contributed by atoms with Crippen LogP contribution < -0.4 is 23.7 Å². The summed E-state index contributed by atoms with van der Waals surface area (Å²) in [4.78, 5) is 2.27. The summed E-state index contributed by atoms with van der Waals surface area (Å²) in [7, 11) is 4.69. The topological polar surface area (TPSA) is 69.6 Å². The van der Waals surface area contributed by atoms with Crippen molar-refractivity contribution in [1.82, 2.24) is 4.90 Å². The van der Waals surface area contributed by atoms with Gasteiger partial charge in [-0.2, -0.15) is 0 Å². The third-order valence-electron chi connectivity index (χ3n) is 5.68. The van der Waals surface area contributed by atoms with Gasteiger partial charge in [-0.3, -0.25) is 0 Å². The maximum absolute atomic E-state index is 12.1. The van der Waals surface area contributed by atoms with E-state index in [1.54, 1.807) is 33.5 Å². The van der Waals surface area contributed by atoms with Crippen molar-refractivity contribution < 1.29 is 28.8 Å². The summed E-state index contributed by atoms with van der Waals surface area (Å²) in [6.45, 7) is 6.94. The normalized spacial score (nSPS) is 14.5. The van der Waals surface area contributed by atoms with Crippen LogP contribution in [0, 0.1) is 0 Å². The Morgan fingerprint density at radius 2 is 1.53 bits per heavy atom. The highest BCUT2D eigenvalue weighted by molar-refractivity contribution is 5.57. The van der Waals surface area contributed by atoms with Gasteiger partial charge in [-0.1, -0.05) is 19.9 Å². The highest BCUT2D eigenvalue weighted by Gasteiger charge is 2.35. The highest BCUT2D eigenvalue weighted by atomic mass is 16.7. The van der Waals surface area contributed by atoms with Gasteiger partial charge in [0, 0.05) is 6.54 Å². The van der Waals surface area contributed by atoms with Crippen LogP contribution in [-0.4, -0.2) is 57.8 Å². The molecule has 2 aromatic rings. The Hall–Kier alpha value is -2.64. The van der Waals surface area contributed by atoms with E-state index in [2.05, 4.69) is 18.7 Å². The van der Waals surface area contributed by atoms with Gasteiger partial charge in [0.15, 0.2) is 23.0 Å². The third kappa shape index (κ3) is 4.13. The molecule has 0 amide bonds. The van der Waals surface area contributed by atoms with Crippen LogP contribution >= 0.6 is 0 Å². The van der Waals surface area contributed by atoms with E-state index in [0.717, 1.165) is 13.1 Å². The van der Waals surface area contributed by atoms with Crippen molar-refractivity contribution in [3.05, 3.63) is 41.5 Å². The van der Waals surface area contributed by atoms with E-state index in [0.29, 0.717) is 52.8 Å². The Bertz CT molecular complexity index is 842. The van der Waals surface area contributed by atoms with E-state index in [4.69, 9.17) is 23.7 Å². The summed E-state index contributed by atoms with van der Waals surface area (Å²) >= 11 is 0. The first-order chi connectivity index (χ1) is 14.5. The summed E-state index contributed by atoms with van der Waals surface area (Å²) in [6, 6.07) is 9.15. The molecule has 0 unspecified atom stereocenters. The highest BCUT2D eigenvalue weighted by Crippen LogP contribution is 2.45. The van der Waals surface area contributed by atoms with Gasteiger partial charge in [0.2, 0.25) is 12.5 Å². The van der Waals surface area contributed by atoms with E-state index < -0.39 is 5.60 Å². The lowest BCUT2D eigenvalue weighted by Crippen LogP contribution is -2.34. The van der Waals surface area contributed by atoms with Gasteiger partial charge in [-0.25, -0.2) is 0 Å². The van der Waals surface area contributed by atoms with Gasteiger partial charge in [-0.05, 0) is 54.9 Å². The van der Waals surface area contributed by atoms with Crippen LogP contribution in [0.1, 0.15) is 31.4 Å². The number of ether oxygens (including phenoxy) is 5. The maximum Gasteiger partial charge on any atom is 0.231 e. The van der Waals surface area contributed by atoms with Crippen molar-refractivity contribution in [3.63, 3.8) is 0 Å². The van der Waals surface area contributed by atoms with E-state index in [9.17, 15) is 5.11 Å². The molecule has 1 aliphatic rings. The first-order valence-electron chi connectivity index (χ1n) is 10.2. The van der Waals surface area contributed by atoms with Gasteiger partial charge < -0.3 is 33.7 Å². The number of rotatable bonds is 10. The standard InChI is InChI=1S/C23H31NO6/c1-6-24(7-2)11-10-23(25,16-8-9-18-19(12-16)30-15-29-18)17-13-20(26-3)22(28-5)21(14-17)27-4/h8-9,12-14,25H,6-7,10-11,15H2,1-5H3/t23-/m1/s1. The third-order valence-corrected chi connectivity index (χ3v) is 5.68. The monoisotopic (exact) mass is 417 g/mol. The summed E-state index contributed by atoms with van der Waals surface area (Å²) in [5.41, 5.74) is 0.0762. The Labute approximate surface area is 178 Å². The summed E-state index contributed by atoms with van der Waals surface area (Å²) in [5, 5.41) is 12.1. The lowest BCUT2D eigenvalue weighted by Gasteiger charge is -2.33. The molecule has 1 atom stereocenters. The van der Waals surface area contributed by atoms with Crippen LogP contribution in [0.5, 0.6) is 28.7 Å². The predicted molar refractivity (Wildman–Crippen MR) is 114 cm³/mol. The molecule has 7 nitrogen and oxygen atoms in total. The van der Waals surface area contributed by atoms with E-state index in [1.807, 2.05) is 18.2 Å². The molecule has 2 aromatic carbocycles. The lowest BCUT2D eigenvalue weighted by molar-refractivity contribution is 0.0579. The molecule has 164 valence electrons. The zero-order chi connectivity index (χ0) is 21.7. The number of fused-ring (bicyclic) bond motifs is 1. The minimum Gasteiger partial charge on any atom is -0.493 e. The molecule has 0 radical (unpaired) electrons. The zero-order valence-corrected chi connectivity index (χ0v) is 18.4. The number of hydrogen-bond acceptors (Lipinski definition) is 7. The molecular formula is C23H31NO6. The second-order valence-corrected chi connectivity index (χ2v) is 7.12. The van der Waals surface area contributed by atoms with E-state index >= 15 is 0 Å². The van der Waals surface area contributed by atoms with Crippen LogP contribution in [-0.2, 0) is 5.60 Å². The first kappa shape index (κ1) is 22.1. The summed E-state index contributed by atoms with van der Waals surface area (Å²) in [6.07, 6.45) is 0.479. The molecular weight excluding hydrogens is 386 g/mol. The van der Waals surface area contributed by atoms with Crippen molar-refractivity contribution in [2.24, 2.45) is 0 Å². The Morgan fingerprint density at radius 1 is 0.900 bits per heavy atom. The fourth-order valence-corrected chi connectivity index (χ4v) is 3.79. The molecule has 7 heteroatoms. The summed E-state index contributed by atoms with van der Waals surface area (Å²) in [5.74, 6) is 2.78. The largest absolute Gasteiger partial charge is 0.493 e. The smallest absolute Gasteiger partial charge is 0.231 e. The molecule has 0 aromatic heterocycles. The van der Waals surface area contributed by atoms with Crippen LogP contribution in [0.4, 0.5) is 0 Å². The minimum atomic E-state index is -1.30. The molecule has 1 aliphatic heterocycles. The second kappa shape index (κ2) is 9.45. The molecule has 0 spiro atoms. The molecule has 0 fully saturated rings. The van der Waals surface area contributed by atoms with Crippen molar-refractivity contribution >= 4 is 0 Å². The van der Waals surface area contributed by atoms with Crippen molar-refractivity contribution in [3.8, 4) is 28.7 Å². The van der Waals surface area contributed by atoms with Gasteiger partial charge >= 0.3 is 0 Å². The molecule has 0 bridgehead atoms. The van der Waals surface area contributed by atoms with Gasteiger partial charge in [0.05, 0.1) is 21.3 Å². The van der Waals surface area contributed by atoms with Crippen molar-refractivity contribution in [1.29, 1.82) is 0 Å². The number of aliphatic hydroxyl groups is 1. The predicted octanol–water partition coefficient (Wildman–Crippen LogP) is 3.41. The van der Waals surface area contributed by atoms with Crippen LogP contribution in [0.2, 0.25) is 0 Å². The molecule has 0 saturated carbocycles. The van der Waals surface area contributed by atoms with E-state index in [-0.39, 0.29) is 6.79 Å². The maximum atomic E-state index is 12.1. The average Bonchev–Trinajstić information content (AvgIpc) is 3.26. The van der Waals surface area contributed by atoms with Crippen LogP contribution in [0.15, 0.2) is 30.3 Å². The van der Waals surface area contributed by atoms with E-state index in [1.165, 1.54) is 0 Å². The minimum absolute atomic E-state index is 0.181. The zero-order valence-electron chi connectivity index (χ0n) is 18.4. The fourth-order valence-electron chi connectivity index (χ4n) is 3.79. The fraction of sp³-hybridized carbons (Fsp3) is 0.478. The number of benzene rings is 2.